The van der Waals surface area contributed by atoms with Gasteiger partial charge in [0.05, 0.1) is 27.7 Å². The molecule has 7 aromatic rings. The number of aromatic nitrogens is 1. The zero-order chi connectivity index (χ0) is 42.7. The van der Waals surface area contributed by atoms with Gasteiger partial charge in [-0.3, -0.25) is 0 Å². The second kappa shape index (κ2) is 14.8. The summed E-state index contributed by atoms with van der Waals surface area (Å²) in [4.78, 5) is 9.73. The molecule has 1 N–H and O–H groups in total. The maximum absolute atomic E-state index is 14.7. The van der Waals surface area contributed by atoms with Crippen molar-refractivity contribution in [2.75, 3.05) is 0 Å². The summed E-state index contributed by atoms with van der Waals surface area (Å²) < 4.78 is 129. The van der Waals surface area contributed by atoms with E-state index < -0.39 is 35.2 Å². The van der Waals surface area contributed by atoms with Gasteiger partial charge in [-0.2, -0.15) is 39.5 Å². The van der Waals surface area contributed by atoms with E-state index in [0.717, 1.165) is 6.08 Å². The van der Waals surface area contributed by atoms with Gasteiger partial charge in [-0.1, -0.05) is 109 Å². The first-order valence-corrected chi connectivity index (χ1v) is 18.8. The number of hydrogen-bond acceptors (Lipinski definition) is 3. The first-order chi connectivity index (χ1) is 29.1. The highest BCUT2D eigenvalue weighted by Gasteiger charge is 2.38. The van der Waals surface area contributed by atoms with Crippen molar-refractivity contribution in [3.8, 4) is 16.8 Å². The smallest absolute Gasteiger partial charge is 0.324 e. The molecule has 2 heterocycles. The number of fused-ring (bicyclic) bond motifs is 3. The number of hydrogen-bond donors (Lipinski definition) is 1. The highest BCUT2D eigenvalue weighted by molar-refractivity contribution is 6.16. The molecular formula is C48H29F9N4. The average molecular weight is 833 g/mol. The molecule has 0 atom stereocenters. The quantitative estimate of drug-likeness (QED) is 0.176. The highest BCUT2D eigenvalue weighted by Crippen LogP contribution is 2.41. The van der Waals surface area contributed by atoms with Gasteiger partial charge in [0.25, 0.3) is 0 Å². The standard InChI is InChI=1S/C48H29F9N4/c49-46(50,51)32-23-31(24-33(26-32)47(52,53)54)30-19-22-42-38(25-30)37-16-8-10-18-41(37)61(42)34-20-21-35(36-15-7-9-17-40(36)48(55,56)57)39(27-34)45-59-43(28-11-3-1-4-12-28)58-44(60-45)29-13-5-2-6-14-29/h1-14,16-27H,15H2,(H,58,59,60). The zero-order valence-electron chi connectivity index (χ0n) is 31.5. The predicted molar refractivity (Wildman–Crippen MR) is 219 cm³/mol. The number of alkyl halides is 9. The molecule has 13 heteroatoms. The van der Waals surface area contributed by atoms with Gasteiger partial charge in [0.1, 0.15) is 11.7 Å². The molecule has 0 fully saturated rings. The lowest BCUT2D eigenvalue weighted by atomic mass is 9.94. The lowest BCUT2D eigenvalue weighted by Crippen LogP contribution is -2.39. The highest BCUT2D eigenvalue weighted by atomic mass is 19.4. The van der Waals surface area contributed by atoms with E-state index in [1.54, 1.807) is 60.7 Å². The number of amidine groups is 2. The molecule has 0 spiro atoms. The predicted octanol–water partition coefficient (Wildman–Crippen LogP) is 11.7. The fourth-order valence-electron chi connectivity index (χ4n) is 7.75. The van der Waals surface area contributed by atoms with Crippen LogP contribution >= 0.6 is 0 Å². The monoisotopic (exact) mass is 832 g/mol. The van der Waals surface area contributed by atoms with E-state index in [-0.39, 0.29) is 40.2 Å². The number of benzene rings is 6. The van der Waals surface area contributed by atoms with Crippen molar-refractivity contribution in [1.29, 1.82) is 0 Å². The Kier molecular flexibility index (Phi) is 9.57. The van der Waals surface area contributed by atoms with Crippen LogP contribution in [0.2, 0.25) is 0 Å². The van der Waals surface area contributed by atoms with Crippen LogP contribution < -0.4 is 15.8 Å². The van der Waals surface area contributed by atoms with Crippen LogP contribution in [-0.2, 0) is 12.4 Å². The van der Waals surface area contributed by atoms with Gasteiger partial charge >= 0.3 is 18.5 Å². The van der Waals surface area contributed by atoms with Gasteiger partial charge < -0.3 is 9.88 Å². The number of nitrogens with one attached hydrogen (secondary N) is 1. The van der Waals surface area contributed by atoms with Gasteiger partial charge in [0, 0.05) is 32.8 Å². The summed E-state index contributed by atoms with van der Waals surface area (Å²) in [6.07, 6.45) is -10.7. The largest absolute Gasteiger partial charge is 0.416 e. The lowest BCUT2D eigenvalue weighted by molar-refractivity contribution is -0.143. The number of nitrogens with zero attached hydrogens (tertiary/aromatic N) is 3. The molecule has 1 aliphatic carbocycles. The Labute approximate surface area is 341 Å². The Morgan fingerprint density at radius 1 is 0.508 bits per heavy atom. The minimum absolute atomic E-state index is 0.0242. The van der Waals surface area contributed by atoms with Crippen molar-refractivity contribution >= 4 is 44.9 Å². The van der Waals surface area contributed by atoms with E-state index in [1.165, 1.54) is 12.1 Å². The molecule has 0 radical (unpaired) electrons. The third-order valence-corrected chi connectivity index (χ3v) is 10.5. The van der Waals surface area contributed by atoms with Crippen LogP contribution in [0, 0.1) is 0 Å². The third kappa shape index (κ3) is 7.51. The van der Waals surface area contributed by atoms with Crippen molar-refractivity contribution < 1.29 is 39.5 Å². The molecule has 0 bridgehead atoms. The molecule has 0 unspecified atom stereocenters. The van der Waals surface area contributed by atoms with E-state index in [9.17, 15) is 39.5 Å². The second-order valence-electron chi connectivity index (χ2n) is 14.4. The molecule has 304 valence electrons. The average Bonchev–Trinajstić information content (AvgIpc) is 3.59. The molecule has 0 saturated carbocycles. The van der Waals surface area contributed by atoms with Gasteiger partial charge in [-0.15, -0.1) is 0 Å². The fraction of sp³-hybridized carbons (Fsp3) is 0.0833. The number of aliphatic imine (C=N–C) groups is 2. The van der Waals surface area contributed by atoms with E-state index in [2.05, 4.69) is 5.32 Å². The van der Waals surface area contributed by atoms with Crippen molar-refractivity contribution in [3.05, 3.63) is 196 Å². The third-order valence-electron chi connectivity index (χ3n) is 10.5. The van der Waals surface area contributed by atoms with Crippen molar-refractivity contribution in [1.82, 2.24) is 9.88 Å². The normalized spacial score (nSPS) is 16.6. The number of allylic oxidation sites excluding steroid dienone is 4. The van der Waals surface area contributed by atoms with Crippen molar-refractivity contribution in [2.45, 2.75) is 24.9 Å². The van der Waals surface area contributed by atoms with Gasteiger partial charge in [-0.25, -0.2) is 9.98 Å². The summed E-state index contributed by atoms with van der Waals surface area (Å²) in [7, 11) is 0. The van der Waals surface area contributed by atoms with Crippen molar-refractivity contribution in [3.63, 3.8) is 0 Å². The van der Waals surface area contributed by atoms with Crippen LogP contribution in [0.1, 0.15) is 28.7 Å². The van der Waals surface area contributed by atoms with Crippen LogP contribution in [-0.4, -0.2) is 22.4 Å². The fourth-order valence-corrected chi connectivity index (χ4v) is 7.75. The van der Waals surface area contributed by atoms with Crippen LogP contribution in [0.3, 0.4) is 0 Å². The van der Waals surface area contributed by atoms with Crippen LogP contribution in [0.4, 0.5) is 39.5 Å². The Hall–Kier alpha value is -7.15. The van der Waals surface area contributed by atoms with Crippen molar-refractivity contribution in [2.24, 2.45) is 9.98 Å². The topological polar surface area (TPSA) is 41.7 Å². The van der Waals surface area contributed by atoms with Gasteiger partial charge in [0.2, 0.25) is 0 Å². The molecule has 1 aromatic heterocycles. The first kappa shape index (κ1) is 39.3. The summed E-state index contributed by atoms with van der Waals surface area (Å²) in [5.74, 6) is 0.951. The van der Waals surface area contributed by atoms with E-state index in [4.69, 9.17) is 9.98 Å². The maximum atomic E-state index is 14.7. The number of para-hydroxylation sites is 1. The lowest BCUT2D eigenvalue weighted by Gasteiger charge is -2.20. The minimum atomic E-state index is -5.03. The Balaban J connectivity index is 1.32. The number of halogens is 9. The van der Waals surface area contributed by atoms with E-state index in [0.29, 0.717) is 67.6 Å². The number of rotatable bonds is 4. The first-order valence-electron chi connectivity index (χ1n) is 18.8. The SMILES string of the molecule is FC(F)(F)C1=CC=CCC1=c1ccc(-n2c3ccccc3c3cc(-c4cc(C(F)(F)F)cc(C(F)(F)F)c4)ccc32)cc1=C1N=C(c2ccccc2)N=C(c2ccccc2)N1. The molecule has 0 amide bonds. The molecule has 61 heavy (non-hydrogen) atoms. The molecular weight excluding hydrogens is 804 g/mol. The Morgan fingerprint density at radius 2 is 1.15 bits per heavy atom. The second-order valence-corrected chi connectivity index (χ2v) is 14.4. The summed E-state index contributed by atoms with van der Waals surface area (Å²) >= 11 is 0. The minimum Gasteiger partial charge on any atom is -0.324 e. The maximum Gasteiger partial charge on any atom is 0.416 e. The summed E-state index contributed by atoms with van der Waals surface area (Å²) in [6, 6.07) is 36.5. The van der Waals surface area contributed by atoms with Gasteiger partial charge in [-0.05, 0) is 76.9 Å². The molecule has 0 saturated heterocycles. The summed E-state index contributed by atoms with van der Waals surface area (Å²) in [6.45, 7) is 0. The van der Waals surface area contributed by atoms with Crippen LogP contribution in [0.15, 0.2) is 173 Å². The molecule has 2 aliphatic rings. The summed E-state index contributed by atoms with van der Waals surface area (Å²) in [5, 5.41) is 5.03. The van der Waals surface area contributed by atoms with Crippen LogP contribution in [0.5, 0.6) is 0 Å². The van der Waals surface area contributed by atoms with E-state index >= 15 is 0 Å². The zero-order valence-corrected chi connectivity index (χ0v) is 31.5. The molecule has 4 nitrogen and oxygen atoms in total. The van der Waals surface area contributed by atoms with Crippen LogP contribution in [0.25, 0.3) is 50.0 Å². The molecule has 9 rings (SSSR count). The summed E-state index contributed by atoms with van der Waals surface area (Å²) in [5.41, 5.74) is -0.786. The van der Waals surface area contributed by atoms with Gasteiger partial charge in [0.15, 0.2) is 5.84 Å². The molecule has 6 aromatic carbocycles. The Bertz CT molecular complexity index is 3100. The Morgan fingerprint density at radius 3 is 1.82 bits per heavy atom. The molecule has 1 aliphatic heterocycles. The van der Waals surface area contributed by atoms with E-state index in [1.807, 2.05) is 65.2 Å².